The predicted octanol–water partition coefficient (Wildman–Crippen LogP) is 1.94. The van der Waals surface area contributed by atoms with Crippen LogP contribution in [0, 0.1) is 0 Å². The highest BCUT2D eigenvalue weighted by Crippen LogP contribution is 2.40. The van der Waals surface area contributed by atoms with Gasteiger partial charge >= 0.3 is 0 Å². The first kappa shape index (κ1) is 15.1. The Labute approximate surface area is 133 Å². The summed E-state index contributed by atoms with van der Waals surface area (Å²) in [6.07, 6.45) is 0.244. The van der Waals surface area contributed by atoms with Crippen LogP contribution in [0.3, 0.4) is 0 Å². The van der Waals surface area contributed by atoms with E-state index in [-0.39, 0.29) is 12.1 Å². The standard InChI is InChI=1S/C15H21BrN2O3/c1-10-9-18(2-3-19-10)13(8-17)11-6-12(16)15-14(7-11)20-4-5-21-15/h6-7,10,13H,2-5,8-9,17H2,1H3. The Hall–Kier alpha value is -0.820. The summed E-state index contributed by atoms with van der Waals surface area (Å²) in [5.74, 6) is 1.58. The quantitative estimate of drug-likeness (QED) is 0.896. The summed E-state index contributed by atoms with van der Waals surface area (Å²) in [6.45, 7) is 6.39. The number of hydrogen-bond acceptors (Lipinski definition) is 5. The summed E-state index contributed by atoms with van der Waals surface area (Å²) in [4.78, 5) is 2.38. The van der Waals surface area contributed by atoms with Crippen LogP contribution in [-0.4, -0.2) is 50.5 Å². The van der Waals surface area contributed by atoms with E-state index < -0.39 is 0 Å². The molecule has 2 heterocycles. The summed E-state index contributed by atoms with van der Waals surface area (Å²) in [5.41, 5.74) is 7.19. The van der Waals surface area contributed by atoms with Gasteiger partial charge in [-0.05, 0) is 40.5 Å². The van der Waals surface area contributed by atoms with E-state index in [1.807, 2.05) is 0 Å². The number of hydrogen-bond donors (Lipinski definition) is 1. The minimum absolute atomic E-state index is 0.170. The highest BCUT2D eigenvalue weighted by molar-refractivity contribution is 9.10. The zero-order valence-corrected chi connectivity index (χ0v) is 13.8. The number of fused-ring (bicyclic) bond motifs is 1. The predicted molar refractivity (Wildman–Crippen MR) is 83.9 cm³/mol. The van der Waals surface area contributed by atoms with Gasteiger partial charge < -0.3 is 19.9 Å². The lowest BCUT2D eigenvalue weighted by molar-refractivity contribution is -0.0333. The second-order valence-corrected chi connectivity index (χ2v) is 6.31. The number of halogens is 1. The van der Waals surface area contributed by atoms with Crippen molar-refractivity contribution in [1.29, 1.82) is 0 Å². The summed E-state index contributed by atoms with van der Waals surface area (Å²) in [5, 5.41) is 0. The second-order valence-electron chi connectivity index (χ2n) is 5.45. The molecule has 116 valence electrons. The highest BCUT2D eigenvalue weighted by Gasteiger charge is 2.27. The molecule has 0 amide bonds. The largest absolute Gasteiger partial charge is 0.486 e. The molecule has 2 aliphatic heterocycles. The molecule has 2 N–H and O–H groups in total. The molecule has 2 aliphatic rings. The van der Waals surface area contributed by atoms with Gasteiger partial charge in [0, 0.05) is 25.7 Å². The first-order valence-electron chi connectivity index (χ1n) is 7.34. The summed E-state index contributed by atoms with van der Waals surface area (Å²) >= 11 is 3.58. The third kappa shape index (κ3) is 3.18. The summed E-state index contributed by atoms with van der Waals surface area (Å²) in [6, 6.07) is 4.31. The molecule has 3 rings (SSSR count). The maximum absolute atomic E-state index is 6.04. The number of nitrogens with zero attached hydrogens (tertiary/aromatic N) is 1. The molecular weight excluding hydrogens is 336 g/mol. The van der Waals surface area contributed by atoms with E-state index in [1.165, 1.54) is 0 Å². The molecule has 1 fully saturated rings. The highest BCUT2D eigenvalue weighted by atomic mass is 79.9. The Kier molecular flexibility index (Phi) is 4.69. The van der Waals surface area contributed by atoms with Gasteiger partial charge in [0.05, 0.1) is 17.2 Å². The fraction of sp³-hybridized carbons (Fsp3) is 0.600. The Bertz CT molecular complexity index is 512. The van der Waals surface area contributed by atoms with Crippen LogP contribution in [0.15, 0.2) is 16.6 Å². The number of benzene rings is 1. The topological polar surface area (TPSA) is 57.0 Å². The molecular formula is C15H21BrN2O3. The van der Waals surface area contributed by atoms with Crippen LogP contribution in [0.25, 0.3) is 0 Å². The zero-order chi connectivity index (χ0) is 14.8. The van der Waals surface area contributed by atoms with Gasteiger partial charge in [0.1, 0.15) is 13.2 Å². The van der Waals surface area contributed by atoms with E-state index in [9.17, 15) is 0 Å². The first-order chi connectivity index (χ1) is 10.2. The minimum Gasteiger partial charge on any atom is -0.486 e. The van der Waals surface area contributed by atoms with Crippen molar-refractivity contribution in [2.75, 3.05) is 39.5 Å². The molecule has 0 aliphatic carbocycles. The average molecular weight is 357 g/mol. The van der Waals surface area contributed by atoms with E-state index in [2.05, 4.69) is 39.9 Å². The molecule has 1 saturated heterocycles. The third-order valence-corrected chi connectivity index (χ3v) is 4.53. The van der Waals surface area contributed by atoms with E-state index in [1.54, 1.807) is 0 Å². The monoisotopic (exact) mass is 356 g/mol. The zero-order valence-electron chi connectivity index (χ0n) is 12.2. The van der Waals surface area contributed by atoms with Gasteiger partial charge in [0.25, 0.3) is 0 Å². The van der Waals surface area contributed by atoms with Crippen molar-refractivity contribution >= 4 is 15.9 Å². The number of morpholine rings is 1. The molecule has 1 aromatic carbocycles. The lowest BCUT2D eigenvalue weighted by atomic mass is 10.0. The molecule has 21 heavy (non-hydrogen) atoms. The van der Waals surface area contributed by atoms with Crippen LogP contribution in [0.4, 0.5) is 0 Å². The molecule has 1 aromatic rings. The number of rotatable bonds is 3. The van der Waals surface area contributed by atoms with Crippen LogP contribution in [0.1, 0.15) is 18.5 Å². The molecule has 0 radical (unpaired) electrons. The van der Waals surface area contributed by atoms with Crippen LogP contribution < -0.4 is 15.2 Å². The van der Waals surface area contributed by atoms with Crippen molar-refractivity contribution < 1.29 is 14.2 Å². The van der Waals surface area contributed by atoms with Crippen molar-refractivity contribution in [2.45, 2.75) is 19.1 Å². The van der Waals surface area contributed by atoms with Crippen molar-refractivity contribution in [3.8, 4) is 11.5 Å². The van der Waals surface area contributed by atoms with Crippen molar-refractivity contribution in [3.05, 3.63) is 22.2 Å². The van der Waals surface area contributed by atoms with Crippen LogP contribution >= 0.6 is 15.9 Å². The maximum atomic E-state index is 6.04. The van der Waals surface area contributed by atoms with Crippen LogP contribution in [-0.2, 0) is 4.74 Å². The van der Waals surface area contributed by atoms with Gasteiger partial charge in [-0.15, -0.1) is 0 Å². The molecule has 2 unspecified atom stereocenters. The van der Waals surface area contributed by atoms with Gasteiger partial charge in [0.15, 0.2) is 11.5 Å². The molecule has 2 atom stereocenters. The Balaban J connectivity index is 1.88. The molecule has 0 saturated carbocycles. The maximum Gasteiger partial charge on any atom is 0.175 e. The number of nitrogens with two attached hydrogens (primary N) is 1. The fourth-order valence-electron chi connectivity index (χ4n) is 2.95. The van der Waals surface area contributed by atoms with Gasteiger partial charge in [-0.1, -0.05) is 0 Å². The van der Waals surface area contributed by atoms with Gasteiger partial charge in [-0.25, -0.2) is 0 Å². The van der Waals surface area contributed by atoms with Crippen LogP contribution in [0.2, 0.25) is 0 Å². The summed E-state index contributed by atoms with van der Waals surface area (Å²) in [7, 11) is 0. The lowest BCUT2D eigenvalue weighted by Crippen LogP contribution is -2.45. The van der Waals surface area contributed by atoms with Crippen molar-refractivity contribution in [1.82, 2.24) is 4.90 Å². The first-order valence-corrected chi connectivity index (χ1v) is 8.13. The van der Waals surface area contributed by atoms with E-state index in [0.717, 1.165) is 41.2 Å². The Morgan fingerprint density at radius 3 is 2.90 bits per heavy atom. The van der Waals surface area contributed by atoms with Gasteiger partial charge in [-0.3, -0.25) is 4.90 Å². The second kappa shape index (κ2) is 6.52. The SMILES string of the molecule is CC1CN(C(CN)c2cc(Br)c3c(c2)OCCO3)CCO1. The molecule has 0 aromatic heterocycles. The molecule has 0 spiro atoms. The Morgan fingerprint density at radius 2 is 2.14 bits per heavy atom. The van der Waals surface area contributed by atoms with Crippen molar-refractivity contribution in [3.63, 3.8) is 0 Å². The average Bonchev–Trinajstić information content (AvgIpc) is 2.48. The van der Waals surface area contributed by atoms with E-state index >= 15 is 0 Å². The summed E-state index contributed by atoms with van der Waals surface area (Å²) < 4.78 is 17.9. The lowest BCUT2D eigenvalue weighted by Gasteiger charge is -2.37. The molecule has 0 bridgehead atoms. The Morgan fingerprint density at radius 1 is 1.33 bits per heavy atom. The van der Waals surface area contributed by atoms with E-state index in [4.69, 9.17) is 19.9 Å². The van der Waals surface area contributed by atoms with Gasteiger partial charge in [-0.2, -0.15) is 0 Å². The fourth-order valence-corrected chi connectivity index (χ4v) is 3.52. The number of ether oxygens (including phenoxy) is 3. The van der Waals surface area contributed by atoms with Gasteiger partial charge in [0.2, 0.25) is 0 Å². The minimum atomic E-state index is 0.170. The molecule has 6 heteroatoms. The third-order valence-electron chi connectivity index (χ3n) is 3.94. The smallest absolute Gasteiger partial charge is 0.175 e. The molecule has 5 nitrogen and oxygen atoms in total. The van der Waals surface area contributed by atoms with E-state index in [0.29, 0.717) is 19.8 Å². The van der Waals surface area contributed by atoms with Crippen molar-refractivity contribution in [2.24, 2.45) is 5.73 Å². The van der Waals surface area contributed by atoms with Crippen LogP contribution in [0.5, 0.6) is 11.5 Å². The normalized spacial score (nSPS) is 23.9.